The first-order valence-electron chi connectivity index (χ1n) is 5.77. The van der Waals surface area contributed by atoms with Crippen molar-refractivity contribution in [2.24, 2.45) is 5.92 Å². The molecule has 0 radical (unpaired) electrons. The summed E-state index contributed by atoms with van der Waals surface area (Å²) in [6.45, 7) is 6.09. The zero-order valence-electron chi connectivity index (χ0n) is 10.6. The average Bonchev–Trinajstić information content (AvgIpc) is 2.10. The third-order valence-electron chi connectivity index (χ3n) is 2.55. The molecule has 0 amide bonds. The molecule has 1 N–H and O–H groups in total. The van der Waals surface area contributed by atoms with Gasteiger partial charge in [0.1, 0.15) is 0 Å². The number of alkyl halides is 3. The summed E-state index contributed by atoms with van der Waals surface area (Å²) in [5.41, 5.74) is 0. The van der Waals surface area contributed by atoms with Crippen molar-refractivity contribution in [3.05, 3.63) is 0 Å². The lowest BCUT2D eigenvalue weighted by molar-refractivity contribution is -0.152. The Kier molecular flexibility index (Phi) is 6.99. The fourth-order valence-corrected chi connectivity index (χ4v) is 1.88. The smallest absolute Gasteiger partial charge is 0.318 e. The minimum atomic E-state index is -4.12. The van der Waals surface area contributed by atoms with E-state index in [1.807, 2.05) is 20.8 Å². The van der Waals surface area contributed by atoms with Crippen molar-refractivity contribution in [2.75, 3.05) is 26.7 Å². The molecular weight excluding hydrogens is 217 g/mol. The largest absolute Gasteiger partial charge is 0.401 e. The summed E-state index contributed by atoms with van der Waals surface area (Å²) in [6.07, 6.45) is -3.38. The SMILES string of the molecule is CCCN(CC(F)(F)F)C(CNC)C(C)C. The van der Waals surface area contributed by atoms with Gasteiger partial charge in [0, 0.05) is 12.6 Å². The molecule has 0 bridgehead atoms. The lowest BCUT2D eigenvalue weighted by Crippen LogP contribution is -2.49. The van der Waals surface area contributed by atoms with Crippen LogP contribution in [-0.2, 0) is 0 Å². The molecule has 98 valence electrons. The molecule has 0 saturated carbocycles. The maximum absolute atomic E-state index is 12.4. The van der Waals surface area contributed by atoms with Crippen molar-refractivity contribution in [1.82, 2.24) is 10.2 Å². The van der Waals surface area contributed by atoms with E-state index in [1.54, 1.807) is 7.05 Å². The zero-order valence-corrected chi connectivity index (χ0v) is 10.6. The second-order valence-electron chi connectivity index (χ2n) is 4.45. The van der Waals surface area contributed by atoms with Gasteiger partial charge in [-0.1, -0.05) is 20.8 Å². The molecule has 1 atom stereocenters. The average molecular weight is 240 g/mol. The summed E-state index contributed by atoms with van der Waals surface area (Å²) >= 11 is 0. The van der Waals surface area contributed by atoms with E-state index in [1.165, 1.54) is 4.90 Å². The van der Waals surface area contributed by atoms with Crippen molar-refractivity contribution in [3.8, 4) is 0 Å². The number of rotatable bonds is 7. The topological polar surface area (TPSA) is 15.3 Å². The summed E-state index contributed by atoms with van der Waals surface area (Å²) in [7, 11) is 1.77. The second kappa shape index (κ2) is 7.12. The molecule has 0 aliphatic carbocycles. The van der Waals surface area contributed by atoms with E-state index in [0.29, 0.717) is 13.1 Å². The molecule has 0 spiro atoms. The van der Waals surface area contributed by atoms with E-state index >= 15 is 0 Å². The summed E-state index contributed by atoms with van der Waals surface area (Å²) in [5.74, 6) is 0.210. The molecule has 0 aromatic heterocycles. The van der Waals surface area contributed by atoms with Crippen LogP contribution in [0.3, 0.4) is 0 Å². The highest BCUT2D eigenvalue weighted by molar-refractivity contribution is 4.78. The summed E-state index contributed by atoms with van der Waals surface area (Å²) < 4.78 is 37.3. The molecule has 0 rings (SSSR count). The fraction of sp³-hybridized carbons (Fsp3) is 1.00. The number of hydrogen-bond donors (Lipinski definition) is 1. The fourth-order valence-electron chi connectivity index (χ4n) is 1.88. The Hall–Kier alpha value is -0.290. The Balaban J connectivity index is 4.56. The molecule has 0 aromatic rings. The van der Waals surface area contributed by atoms with Crippen molar-refractivity contribution in [2.45, 2.75) is 39.4 Å². The lowest BCUT2D eigenvalue weighted by Gasteiger charge is -2.34. The van der Waals surface area contributed by atoms with Crippen LogP contribution in [0.2, 0.25) is 0 Å². The van der Waals surface area contributed by atoms with Crippen LogP contribution in [0.15, 0.2) is 0 Å². The molecule has 5 heteroatoms. The first-order valence-corrected chi connectivity index (χ1v) is 5.77. The third-order valence-corrected chi connectivity index (χ3v) is 2.55. The van der Waals surface area contributed by atoms with Gasteiger partial charge in [-0.3, -0.25) is 4.90 Å². The van der Waals surface area contributed by atoms with Gasteiger partial charge in [-0.05, 0) is 25.9 Å². The van der Waals surface area contributed by atoms with Gasteiger partial charge in [0.15, 0.2) is 0 Å². The van der Waals surface area contributed by atoms with Gasteiger partial charge in [0.2, 0.25) is 0 Å². The molecule has 16 heavy (non-hydrogen) atoms. The summed E-state index contributed by atoms with van der Waals surface area (Å²) in [4.78, 5) is 1.53. The van der Waals surface area contributed by atoms with Crippen LogP contribution in [0, 0.1) is 5.92 Å². The van der Waals surface area contributed by atoms with Crippen LogP contribution in [0.4, 0.5) is 13.2 Å². The highest BCUT2D eigenvalue weighted by Gasteiger charge is 2.34. The van der Waals surface area contributed by atoms with E-state index in [4.69, 9.17) is 0 Å². The van der Waals surface area contributed by atoms with E-state index in [9.17, 15) is 13.2 Å². The van der Waals surface area contributed by atoms with E-state index in [2.05, 4.69) is 5.32 Å². The molecule has 0 aliphatic rings. The van der Waals surface area contributed by atoms with Crippen LogP contribution in [-0.4, -0.2) is 43.8 Å². The molecule has 1 unspecified atom stereocenters. The minimum Gasteiger partial charge on any atom is -0.318 e. The molecular formula is C11H23F3N2. The Morgan fingerprint density at radius 3 is 2.12 bits per heavy atom. The zero-order chi connectivity index (χ0) is 12.8. The number of nitrogens with one attached hydrogen (secondary N) is 1. The van der Waals surface area contributed by atoms with E-state index in [0.717, 1.165) is 6.42 Å². The maximum Gasteiger partial charge on any atom is 0.401 e. The highest BCUT2D eigenvalue weighted by atomic mass is 19.4. The quantitative estimate of drug-likeness (QED) is 0.735. The first kappa shape index (κ1) is 15.7. The van der Waals surface area contributed by atoms with Gasteiger partial charge >= 0.3 is 6.18 Å². The van der Waals surface area contributed by atoms with Gasteiger partial charge in [-0.15, -0.1) is 0 Å². The van der Waals surface area contributed by atoms with Crippen molar-refractivity contribution >= 4 is 0 Å². The van der Waals surface area contributed by atoms with Crippen LogP contribution < -0.4 is 5.32 Å². The van der Waals surface area contributed by atoms with Crippen molar-refractivity contribution < 1.29 is 13.2 Å². The van der Waals surface area contributed by atoms with Gasteiger partial charge in [0.05, 0.1) is 6.54 Å². The molecule has 0 heterocycles. The van der Waals surface area contributed by atoms with Crippen molar-refractivity contribution in [3.63, 3.8) is 0 Å². The second-order valence-corrected chi connectivity index (χ2v) is 4.45. The van der Waals surface area contributed by atoms with E-state index < -0.39 is 12.7 Å². The molecule has 0 aliphatic heterocycles. The number of likely N-dealkylation sites (N-methyl/N-ethyl adjacent to an activating group) is 1. The van der Waals surface area contributed by atoms with Gasteiger partial charge in [-0.2, -0.15) is 13.2 Å². The Morgan fingerprint density at radius 1 is 1.25 bits per heavy atom. The predicted molar refractivity (Wildman–Crippen MR) is 60.5 cm³/mol. The van der Waals surface area contributed by atoms with Crippen LogP contribution in [0.1, 0.15) is 27.2 Å². The molecule has 0 fully saturated rings. The van der Waals surface area contributed by atoms with Gasteiger partial charge in [0.25, 0.3) is 0 Å². The van der Waals surface area contributed by atoms with Gasteiger partial charge < -0.3 is 5.32 Å². The maximum atomic E-state index is 12.4. The third kappa shape index (κ3) is 6.33. The summed E-state index contributed by atoms with van der Waals surface area (Å²) in [5, 5.41) is 2.96. The number of nitrogens with zero attached hydrogens (tertiary/aromatic N) is 1. The van der Waals surface area contributed by atoms with Crippen molar-refractivity contribution in [1.29, 1.82) is 0 Å². The van der Waals surface area contributed by atoms with Crippen LogP contribution >= 0.6 is 0 Å². The van der Waals surface area contributed by atoms with E-state index in [-0.39, 0.29) is 12.0 Å². The lowest BCUT2D eigenvalue weighted by atomic mass is 10.0. The molecule has 0 saturated heterocycles. The van der Waals surface area contributed by atoms with Crippen LogP contribution in [0.5, 0.6) is 0 Å². The number of halogens is 3. The highest BCUT2D eigenvalue weighted by Crippen LogP contribution is 2.20. The summed E-state index contributed by atoms with van der Waals surface area (Å²) in [6, 6.07) is -0.0634. The predicted octanol–water partition coefficient (Wildman–Crippen LogP) is 2.50. The molecule has 0 aromatic carbocycles. The standard InChI is InChI=1S/C11H23F3N2/c1-5-6-16(8-11(12,13)14)10(7-15-4)9(2)3/h9-10,15H,5-8H2,1-4H3. The van der Waals surface area contributed by atoms with Gasteiger partial charge in [-0.25, -0.2) is 0 Å². The Morgan fingerprint density at radius 2 is 1.81 bits per heavy atom. The molecule has 2 nitrogen and oxygen atoms in total. The minimum absolute atomic E-state index is 0.0634. The Labute approximate surface area is 96.2 Å². The monoisotopic (exact) mass is 240 g/mol. The normalized spacial score (nSPS) is 14.8. The first-order chi connectivity index (χ1) is 7.31. The van der Waals surface area contributed by atoms with Crippen LogP contribution in [0.25, 0.3) is 0 Å². The Bertz CT molecular complexity index is 181. The number of hydrogen-bond acceptors (Lipinski definition) is 2.